The minimum atomic E-state index is -5.01. The Bertz CT molecular complexity index is 1410. The van der Waals surface area contributed by atoms with E-state index in [-0.39, 0.29) is 75.6 Å². The summed E-state index contributed by atoms with van der Waals surface area (Å²) in [5.74, 6) is 0.343. The van der Waals surface area contributed by atoms with Gasteiger partial charge in [-0.15, -0.1) is 0 Å². The predicted octanol–water partition coefficient (Wildman–Crippen LogP) is -3.03. The Morgan fingerprint density at radius 3 is 2.06 bits per heavy atom. The summed E-state index contributed by atoms with van der Waals surface area (Å²) in [5, 5.41) is 7.48. The molecule has 32 heavy (non-hydrogen) atoms. The fourth-order valence-corrected chi connectivity index (χ4v) is 4.28. The van der Waals surface area contributed by atoms with E-state index in [2.05, 4.69) is 10.2 Å². The Kier molecular flexibility index (Phi) is 9.88. The third-order valence-corrected chi connectivity index (χ3v) is 6.03. The standard InChI is InChI=1S/C18H17N3O7S2.2Na/c1-10-6-14(19)16(28-2)9-15(10)21-20-11-7-13-12(18(8-11)30(25,26)27)4-3-5-17(13)29(22,23)24;;/h3-9H,19H2,1-2H3,(H,22,23,24)(H,25,26,27);;/q;2*+1/p-2. The van der Waals surface area contributed by atoms with Crippen molar-refractivity contribution in [3.8, 4) is 5.75 Å². The van der Waals surface area contributed by atoms with E-state index in [9.17, 15) is 25.9 Å². The van der Waals surface area contributed by atoms with Crippen molar-refractivity contribution in [1.82, 2.24) is 0 Å². The summed E-state index contributed by atoms with van der Waals surface area (Å²) in [5.41, 5.74) is 7.03. The number of aryl methyl sites for hydroxylation is 1. The molecule has 3 aromatic rings. The van der Waals surface area contributed by atoms with Crippen LogP contribution in [0, 0.1) is 6.92 Å². The molecule has 2 N–H and O–H groups in total. The fourth-order valence-electron chi connectivity index (χ4n) is 2.89. The van der Waals surface area contributed by atoms with Gasteiger partial charge in [0.05, 0.1) is 34.0 Å². The molecule has 0 aliphatic rings. The molecule has 0 spiro atoms. The first-order valence-electron chi connectivity index (χ1n) is 8.26. The van der Waals surface area contributed by atoms with E-state index in [1.807, 2.05) is 0 Å². The maximum Gasteiger partial charge on any atom is 1.00 e. The molecule has 0 unspecified atom stereocenters. The van der Waals surface area contributed by atoms with Gasteiger partial charge in [-0.1, -0.05) is 12.1 Å². The molecule has 0 amide bonds. The summed E-state index contributed by atoms with van der Waals surface area (Å²) in [6, 6.07) is 8.65. The number of benzene rings is 3. The van der Waals surface area contributed by atoms with Crippen LogP contribution in [0.15, 0.2) is 62.5 Å². The van der Waals surface area contributed by atoms with Crippen molar-refractivity contribution < 1.29 is 89.8 Å². The van der Waals surface area contributed by atoms with Gasteiger partial charge in [0.1, 0.15) is 26.0 Å². The molecule has 3 rings (SSSR count). The Balaban J connectivity index is 0.00000256. The van der Waals surface area contributed by atoms with Crippen LogP contribution >= 0.6 is 0 Å². The molecular formula is C18H15N3Na2O7S2. The van der Waals surface area contributed by atoms with E-state index < -0.39 is 30.0 Å². The third kappa shape index (κ3) is 6.29. The van der Waals surface area contributed by atoms with Crippen molar-refractivity contribution in [3.63, 3.8) is 0 Å². The molecule has 10 nitrogen and oxygen atoms in total. The number of hydrogen-bond donors (Lipinski definition) is 1. The Labute approximate surface area is 229 Å². The van der Waals surface area contributed by atoms with Gasteiger partial charge < -0.3 is 19.6 Å². The van der Waals surface area contributed by atoms with E-state index in [1.54, 1.807) is 13.0 Å². The van der Waals surface area contributed by atoms with Gasteiger partial charge in [-0.3, -0.25) is 0 Å². The van der Waals surface area contributed by atoms with Crippen LogP contribution in [0.4, 0.5) is 17.1 Å². The van der Waals surface area contributed by atoms with Crippen LogP contribution in [0.1, 0.15) is 5.56 Å². The normalized spacial score (nSPS) is 11.8. The first kappa shape index (κ1) is 29.0. The van der Waals surface area contributed by atoms with Crippen molar-refractivity contribution in [1.29, 1.82) is 0 Å². The maximum atomic E-state index is 11.7. The van der Waals surface area contributed by atoms with Crippen molar-refractivity contribution in [2.75, 3.05) is 12.8 Å². The molecule has 0 aliphatic heterocycles. The molecule has 0 fully saturated rings. The number of azo groups is 1. The molecule has 0 aromatic heterocycles. The second-order valence-corrected chi connectivity index (χ2v) is 8.98. The van der Waals surface area contributed by atoms with E-state index in [1.165, 1.54) is 31.4 Å². The summed E-state index contributed by atoms with van der Waals surface area (Å²) >= 11 is 0. The van der Waals surface area contributed by atoms with E-state index >= 15 is 0 Å². The SMILES string of the molecule is COc1cc(N=Nc2cc(S(=O)(=O)[O-])c3cccc(S(=O)(=O)[O-])c3c2)c(C)cc1N.[Na+].[Na+]. The molecule has 0 heterocycles. The summed E-state index contributed by atoms with van der Waals surface area (Å²) in [7, 11) is -8.53. The van der Waals surface area contributed by atoms with Gasteiger partial charge >= 0.3 is 59.1 Å². The smallest absolute Gasteiger partial charge is 0.744 e. The molecule has 3 aromatic carbocycles. The van der Waals surface area contributed by atoms with Crippen LogP contribution in [0.2, 0.25) is 0 Å². The summed E-state index contributed by atoms with van der Waals surface area (Å²) in [4.78, 5) is -1.39. The van der Waals surface area contributed by atoms with Gasteiger partial charge in [0, 0.05) is 16.8 Å². The zero-order chi connectivity index (χ0) is 22.3. The molecule has 0 atom stereocenters. The van der Waals surface area contributed by atoms with Crippen LogP contribution in [-0.4, -0.2) is 33.1 Å². The van der Waals surface area contributed by atoms with Gasteiger partial charge in [-0.2, -0.15) is 10.2 Å². The zero-order valence-corrected chi connectivity index (χ0v) is 23.3. The Morgan fingerprint density at radius 1 is 0.875 bits per heavy atom. The average molecular weight is 495 g/mol. The maximum absolute atomic E-state index is 11.7. The molecule has 158 valence electrons. The molecule has 0 saturated heterocycles. The second-order valence-electron chi connectivity index (χ2n) is 6.28. The number of nitrogens with two attached hydrogens (primary N) is 1. The second kappa shape index (κ2) is 10.9. The Morgan fingerprint density at radius 2 is 1.50 bits per heavy atom. The summed E-state index contributed by atoms with van der Waals surface area (Å²) in [6.45, 7) is 1.71. The topological polar surface area (TPSA) is 174 Å². The van der Waals surface area contributed by atoms with Gasteiger partial charge in [-0.25, -0.2) is 16.8 Å². The summed E-state index contributed by atoms with van der Waals surface area (Å²) < 4.78 is 75.0. The van der Waals surface area contributed by atoms with E-state index in [0.29, 0.717) is 22.7 Å². The number of fused-ring (bicyclic) bond motifs is 1. The van der Waals surface area contributed by atoms with Crippen LogP contribution < -0.4 is 69.6 Å². The molecule has 0 radical (unpaired) electrons. The molecule has 0 bridgehead atoms. The van der Waals surface area contributed by atoms with Gasteiger partial charge in [0.2, 0.25) is 0 Å². The number of anilines is 1. The third-order valence-electron chi connectivity index (χ3n) is 4.26. The first-order valence-corrected chi connectivity index (χ1v) is 11.1. The number of hydrogen-bond acceptors (Lipinski definition) is 10. The molecule has 14 heteroatoms. The zero-order valence-electron chi connectivity index (χ0n) is 17.7. The number of rotatable bonds is 5. The van der Waals surface area contributed by atoms with Crippen molar-refractivity contribution >= 4 is 48.1 Å². The van der Waals surface area contributed by atoms with Crippen molar-refractivity contribution in [2.45, 2.75) is 16.7 Å². The van der Waals surface area contributed by atoms with Gasteiger partial charge in [-0.05, 0) is 36.8 Å². The monoisotopic (exact) mass is 495 g/mol. The van der Waals surface area contributed by atoms with Crippen molar-refractivity contribution in [3.05, 3.63) is 48.0 Å². The molecular weight excluding hydrogens is 480 g/mol. The van der Waals surface area contributed by atoms with E-state index in [0.717, 1.165) is 12.1 Å². The minimum absolute atomic E-state index is 0. The first-order chi connectivity index (χ1) is 13.9. The van der Waals surface area contributed by atoms with Gasteiger partial charge in [0.15, 0.2) is 0 Å². The number of nitrogen functional groups attached to an aromatic ring is 1. The quantitative estimate of drug-likeness (QED) is 0.168. The van der Waals surface area contributed by atoms with Crippen LogP contribution in [0.25, 0.3) is 10.8 Å². The van der Waals surface area contributed by atoms with Crippen LogP contribution in [0.5, 0.6) is 5.75 Å². The van der Waals surface area contributed by atoms with Gasteiger partial charge in [0.25, 0.3) is 0 Å². The average Bonchev–Trinajstić information content (AvgIpc) is 2.64. The Hall–Kier alpha value is -1.06. The largest absolute Gasteiger partial charge is 1.00 e. The molecule has 0 aliphatic carbocycles. The van der Waals surface area contributed by atoms with Crippen LogP contribution in [0.3, 0.4) is 0 Å². The fraction of sp³-hybridized carbons (Fsp3) is 0.111. The summed E-state index contributed by atoms with van der Waals surface area (Å²) in [6.07, 6.45) is 0. The van der Waals surface area contributed by atoms with Crippen molar-refractivity contribution in [2.24, 2.45) is 10.2 Å². The number of methoxy groups -OCH3 is 1. The van der Waals surface area contributed by atoms with E-state index in [4.69, 9.17) is 10.5 Å². The minimum Gasteiger partial charge on any atom is -0.744 e. The predicted molar refractivity (Wildman–Crippen MR) is 106 cm³/mol. The van der Waals surface area contributed by atoms with Crippen LogP contribution in [-0.2, 0) is 20.2 Å². The number of ether oxygens (including phenoxy) is 1. The molecule has 0 saturated carbocycles. The number of nitrogens with zero attached hydrogens (tertiary/aromatic N) is 2.